The largest absolute Gasteiger partial charge is 0.394 e. The number of nitrogens with one attached hydrogen (secondary N) is 1. The second-order valence-electron chi connectivity index (χ2n) is 29.2. The van der Waals surface area contributed by atoms with Gasteiger partial charge in [0.2, 0.25) is 5.91 Å². The van der Waals surface area contributed by atoms with Gasteiger partial charge >= 0.3 is 0 Å². The fraction of sp³-hybridized carbons (Fsp3) is 0.779. The van der Waals surface area contributed by atoms with Crippen molar-refractivity contribution in [2.75, 3.05) is 26.4 Å². The standard InChI is InChI=1S/C86H149NO18/c1-3-5-7-9-11-13-15-17-19-21-23-25-27-29-31-33-34-36-37-39-41-43-45-47-49-51-53-55-57-59-61-63-70(91)69(87-74(92)64-62-60-58-56-54-52-50-48-46-44-42-40-38-35-32-30-28-26-24-22-20-18-16-14-12-10-8-6-4-2)68-100-84-80(98)77(95)82(72(66-89)102-84)105-86-81(99)78(96)83(73(67-90)103-86)104-85-79(97)76(94)75(93)71(65-88)101-85/h6,8,12,14,18,20,24,26,30,32,38,40,44,46,53,55,61,63,69-73,75-86,88-91,93-99H,3-5,7,9-11,13,15-17,19,21-23,25,27-29,31,33-37,39,41-43,45,47-52,54,56-60,62,64-68H2,1-2H3,(H,87,92)/b8-6-,14-12-,20-18-,26-24-,32-30-,40-38-,46-44-,55-53+,63-61+. The molecule has 0 saturated carbocycles. The molecule has 3 rings (SSSR count). The molecule has 3 fully saturated rings. The zero-order valence-corrected chi connectivity index (χ0v) is 64.9. The first-order valence-electron chi connectivity index (χ1n) is 41.6. The van der Waals surface area contributed by atoms with Crippen molar-refractivity contribution in [2.45, 2.75) is 401 Å². The van der Waals surface area contributed by atoms with Gasteiger partial charge in [-0.3, -0.25) is 4.79 Å². The summed E-state index contributed by atoms with van der Waals surface area (Å²) in [5.41, 5.74) is 0. The van der Waals surface area contributed by atoms with Crippen LogP contribution >= 0.6 is 0 Å². The third-order valence-corrected chi connectivity index (χ3v) is 20.1. The Morgan fingerprint density at radius 1 is 0.352 bits per heavy atom. The molecule has 1 amide bonds. The van der Waals surface area contributed by atoms with Gasteiger partial charge in [-0.2, -0.15) is 0 Å². The number of hydrogen-bond acceptors (Lipinski definition) is 18. The third kappa shape index (κ3) is 44.8. The van der Waals surface area contributed by atoms with Gasteiger partial charge in [0.25, 0.3) is 0 Å². The van der Waals surface area contributed by atoms with Gasteiger partial charge in [-0.15, -0.1) is 0 Å². The smallest absolute Gasteiger partial charge is 0.220 e. The molecular formula is C86H149NO18. The molecule has 105 heavy (non-hydrogen) atoms. The maximum absolute atomic E-state index is 13.5. The summed E-state index contributed by atoms with van der Waals surface area (Å²) in [4.78, 5) is 13.5. The molecule has 19 heteroatoms. The molecule has 3 heterocycles. The molecule has 0 spiro atoms. The molecule has 12 N–H and O–H groups in total. The predicted molar refractivity (Wildman–Crippen MR) is 420 cm³/mol. The predicted octanol–water partition coefficient (Wildman–Crippen LogP) is 14.5. The van der Waals surface area contributed by atoms with Gasteiger partial charge in [0, 0.05) is 6.42 Å². The molecular weight excluding hydrogens is 1330 g/mol. The zero-order valence-electron chi connectivity index (χ0n) is 64.9. The molecule has 0 aromatic rings. The molecule has 606 valence electrons. The van der Waals surface area contributed by atoms with Crippen LogP contribution in [-0.2, 0) is 33.2 Å². The number of amides is 1. The maximum Gasteiger partial charge on any atom is 0.220 e. The molecule has 17 atom stereocenters. The first-order valence-corrected chi connectivity index (χ1v) is 41.6. The van der Waals surface area contributed by atoms with Crippen LogP contribution < -0.4 is 5.32 Å². The summed E-state index contributed by atoms with van der Waals surface area (Å²) >= 11 is 0. The Bertz CT molecular complexity index is 2320. The van der Waals surface area contributed by atoms with Crippen LogP contribution in [0.1, 0.15) is 296 Å². The Hall–Kier alpha value is -3.55. The lowest BCUT2D eigenvalue weighted by Gasteiger charge is -2.48. The van der Waals surface area contributed by atoms with E-state index in [4.69, 9.17) is 28.4 Å². The lowest BCUT2D eigenvalue weighted by molar-refractivity contribution is -0.379. The van der Waals surface area contributed by atoms with Crippen molar-refractivity contribution in [1.82, 2.24) is 5.32 Å². The van der Waals surface area contributed by atoms with Crippen molar-refractivity contribution in [2.24, 2.45) is 0 Å². The highest BCUT2D eigenvalue weighted by Gasteiger charge is 2.54. The summed E-state index contributed by atoms with van der Waals surface area (Å²) in [6.45, 7) is 1.62. The molecule has 0 bridgehead atoms. The van der Waals surface area contributed by atoms with E-state index in [0.29, 0.717) is 12.8 Å². The Morgan fingerprint density at radius 3 is 1.07 bits per heavy atom. The van der Waals surface area contributed by atoms with E-state index < -0.39 is 124 Å². The summed E-state index contributed by atoms with van der Waals surface area (Å²) in [7, 11) is 0. The van der Waals surface area contributed by atoms with Crippen molar-refractivity contribution < 1.29 is 89.4 Å². The summed E-state index contributed by atoms with van der Waals surface area (Å²) in [5.74, 6) is -0.298. The minimum Gasteiger partial charge on any atom is -0.394 e. The number of rotatable bonds is 65. The van der Waals surface area contributed by atoms with E-state index in [9.17, 15) is 61.0 Å². The van der Waals surface area contributed by atoms with Crippen molar-refractivity contribution in [3.63, 3.8) is 0 Å². The molecule has 0 aromatic carbocycles. The Kier molecular flexibility index (Phi) is 59.4. The number of aliphatic hydroxyl groups is 11. The van der Waals surface area contributed by atoms with E-state index in [-0.39, 0.29) is 18.9 Å². The number of carbonyl (C=O) groups is 1. The Morgan fingerprint density at radius 2 is 0.667 bits per heavy atom. The van der Waals surface area contributed by atoms with Crippen LogP contribution in [0.4, 0.5) is 0 Å². The van der Waals surface area contributed by atoms with Crippen molar-refractivity contribution in [3.8, 4) is 0 Å². The lowest BCUT2D eigenvalue weighted by Crippen LogP contribution is -2.66. The fourth-order valence-electron chi connectivity index (χ4n) is 13.4. The Balaban J connectivity index is 1.39. The summed E-state index contributed by atoms with van der Waals surface area (Å²) < 4.78 is 34.4. The second kappa shape index (κ2) is 65.2. The highest BCUT2D eigenvalue weighted by molar-refractivity contribution is 5.76. The zero-order chi connectivity index (χ0) is 76.0. The van der Waals surface area contributed by atoms with Crippen LogP contribution in [0.15, 0.2) is 109 Å². The molecule has 0 aromatic heterocycles. The van der Waals surface area contributed by atoms with E-state index in [1.807, 2.05) is 6.08 Å². The average molecular weight is 1490 g/mol. The van der Waals surface area contributed by atoms with Crippen molar-refractivity contribution in [1.29, 1.82) is 0 Å². The average Bonchev–Trinajstić information content (AvgIpc) is 0.781. The maximum atomic E-state index is 13.5. The van der Waals surface area contributed by atoms with Gasteiger partial charge in [-0.1, -0.05) is 309 Å². The van der Waals surface area contributed by atoms with Crippen molar-refractivity contribution >= 4 is 5.91 Å². The minimum atomic E-state index is -1.99. The number of ether oxygens (including phenoxy) is 6. The topological polar surface area (TPSA) is 307 Å². The van der Waals surface area contributed by atoms with Gasteiger partial charge in [0.05, 0.1) is 38.6 Å². The first-order chi connectivity index (χ1) is 51.3. The molecule has 0 radical (unpaired) electrons. The van der Waals surface area contributed by atoms with Crippen LogP contribution in [0.5, 0.6) is 0 Å². The van der Waals surface area contributed by atoms with E-state index in [2.05, 4.69) is 116 Å². The third-order valence-electron chi connectivity index (χ3n) is 20.1. The van der Waals surface area contributed by atoms with E-state index in [1.165, 1.54) is 154 Å². The van der Waals surface area contributed by atoms with Crippen LogP contribution in [0.3, 0.4) is 0 Å². The number of aliphatic hydroxyl groups excluding tert-OH is 11. The van der Waals surface area contributed by atoms with Gasteiger partial charge in [-0.25, -0.2) is 0 Å². The molecule has 17 unspecified atom stereocenters. The highest BCUT2D eigenvalue weighted by Crippen LogP contribution is 2.33. The molecule has 3 aliphatic heterocycles. The van der Waals surface area contributed by atoms with E-state index in [0.717, 1.165) is 109 Å². The highest BCUT2D eigenvalue weighted by atomic mass is 16.8. The summed E-state index contributed by atoms with van der Waals surface area (Å²) in [5, 5.41) is 121. The van der Waals surface area contributed by atoms with Gasteiger partial charge in [-0.05, 0) is 89.9 Å². The van der Waals surface area contributed by atoms with Crippen molar-refractivity contribution in [3.05, 3.63) is 109 Å². The molecule has 19 nitrogen and oxygen atoms in total. The number of unbranched alkanes of at least 4 members (excludes halogenated alkanes) is 33. The Labute approximate surface area is 634 Å². The molecule has 0 aliphatic carbocycles. The second-order valence-corrected chi connectivity index (χ2v) is 29.2. The fourth-order valence-corrected chi connectivity index (χ4v) is 13.4. The van der Waals surface area contributed by atoms with E-state index >= 15 is 0 Å². The monoisotopic (exact) mass is 1480 g/mol. The van der Waals surface area contributed by atoms with Gasteiger partial charge in [0.1, 0.15) is 73.2 Å². The summed E-state index contributed by atoms with van der Waals surface area (Å²) in [6.07, 6.45) is 63.6. The van der Waals surface area contributed by atoms with Gasteiger partial charge in [0.15, 0.2) is 18.9 Å². The quantitative estimate of drug-likeness (QED) is 0.0199. The minimum absolute atomic E-state index is 0.216. The van der Waals surface area contributed by atoms with Crippen LogP contribution in [0.25, 0.3) is 0 Å². The SMILES string of the molecule is CC/C=C\C/C=C\C/C=C\C/C=C\C/C=C\C/C=C\C/C=C\CCCCCCCCCC(=O)NC(COC1OC(CO)C(OC2OC(CO)C(OC3OC(CO)C(O)C(O)C3O)C(O)C2O)C(O)C1O)C(O)/C=C/CC/C=C/CCCCCCCCCCCCCCCCCCCCCCCCCCC. The number of allylic oxidation sites excluding steroid dienone is 17. The lowest BCUT2D eigenvalue weighted by atomic mass is 9.96. The van der Waals surface area contributed by atoms with Gasteiger partial charge < -0.3 is 89.9 Å². The van der Waals surface area contributed by atoms with E-state index in [1.54, 1.807) is 6.08 Å². The normalized spacial score (nSPS) is 26.4. The van der Waals surface area contributed by atoms with Crippen LogP contribution in [0.2, 0.25) is 0 Å². The molecule has 3 aliphatic rings. The summed E-state index contributed by atoms with van der Waals surface area (Å²) in [6, 6.07) is -1.01. The number of hydrogen-bond donors (Lipinski definition) is 12. The first kappa shape index (κ1) is 95.7. The molecule has 3 saturated heterocycles. The van der Waals surface area contributed by atoms with Crippen LogP contribution in [0, 0.1) is 0 Å². The number of carbonyl (C=O) groups excluding carboxylic acids is 1. The van der Waals surface area contributed by atoms with Crippen LogP contribution in [-0.4, -0.2) is 193 Å².